The van der Waals surface area contributed by atoms with Crippen molar-refractivity contribution in [2.24, 2.45) is 5.92 Å². The predicted octanol–water partition coefficient (Wildman–Crippen LogP) is 4.92. The van der Waals surface area contributed by atoms with Crippen molar-refractivity contribution in [3.8, 4) is 10.6 Å². The number of pyridine rings is 1. The number of aromatic nitrogens is 3. The van der Waals surface area contributed by atoms with Crippen LogP contribution in [0.4, 0.5) is 0 Å². The van der Waals surface area contributed by atoms with E-state index in [9.17, 15) is 4.79 Å². The first-order valence-corrected chi connectivity index (χ1v) is 10.5. The molecule has 1 fully saturated rings. The Bertz CT molecular complexity index is 987. The van der Waals surface area contributed by atoms with E-state index in [0.717, 1.165) is 51.7 Å². The van der Waals surface area contributed by atoms with Crippen molar-refractivity contribution in [2.45, 2.75) is 46.6 Å². The lowest BCUT2D eigenvalue weighted by Crippen LogP contribution is -2.39. The van der Waals surface area contributed by atoms with E-state index in [-0.39, 0.29) is 5.91 Å². The van der Waals surface area contributed by atoms with Gasteiger partial charge < -0.3 is 9.47 Å². The average molecular weight is 383 g/mol. The van der Waals surface area contributed by atoms with E-state index in [1.165, 1.54) is 17.8 Å². The van der Waals surface area contributed by atoms with Gasteiger partial charge >= 0.3 is 0 Å². The maximum atomic E-state index is 13.1. The van der Waals surface area contributed by atoms with Crippen molar-refractivity contribution in [3.63, 3.8) is 0 Å². The van der Waals surface area contributed by atoms with Crippen molar-refractivity contribution in [1.82, 2.24) is 19.4 Å². The van der Waals surface area contributed by atoms with Gasteiger partial charge in [0.05, 0.1) is 5.69 Å². The average Bonchev–Trinajstić information content (AvgIpc) is 3.22. The molecule has 1 aliphatic rings. The molecular formula is C21H26N4OS. The molecule has 0 aliphatic carbocycles. The van der Waals surface area contributed by atoms with Gasteiger partial charge in [0, 0.05) is 42.5 Å². The number of thiazole rings is 1. The highest BCUT2D eigenvalue weighted by atomic mass is 32.1. The number of aryl methyl sites for hydroxylation is 1. The predicted molar refractivity (Wildman–Crippen MR) is 110 cm³/mol. The van der Waals surface area contributed by atoms with Gasteiger partial charge in [-0.15, -0.1) is 11.3 Å². The van der Waals surface area contributed by atoms with Gasteiger partial charge in [-0.3, -0.25) is 4.79 Å². The van der Waals surface area contributed by atoms with E-state index in [1.54, 1.807) is 0 Å². The van der Waals surface area contributed by atoms with Crippen LogP contribution in [0, 0.1) is 12.8 Å². The number of likely N-dealkylation sites (tertiary alicyclic amines) is 1. The Balaban J connectivity index is 1.74. The second-order valence-corrected chi connectivity index (χ2v) is 8.85. The summed E-state index contributed by atoms with van der Waals surface area (Å²) in [5.41, 5.74) is 2.85. The molecule has 4 rings (SSSR count). The van der Waals surface area contributed by atoms with Crippen LogP contribution in [0.25, 0.3) is 21.6 Å². The van der Waals surface area contributed by atoms with E-state index in [0.29, 0.717) is 12.0 Å². The molecule has 1 atom stereocenters. The smallest absolute Gasteiger partial charge is 0.265 e. The molecule has 3 aromatic heterocycles. The van der Waals surface area contributed by atoms with Crippen LogP contribution in [0.1, 0.15) is 55.0 Å². The van der Waals surface area contributed by atoms with Crippen molar-refractivity contribution in [3.05, 3.63) is 35.1 Å². The van der Waals surface area contributed by atoms with E-state index >= 15 is 0 Å². The molecule has 1 amide bonds. The summed E-state index contributed by atoms with van der Waals surface area (Å²) in [4.78, 5) is 25.2. The Morgan fingerprint density at radius 3 is 2.93 bits per heavy atom. The van der Waals surface area contributed by atoms with E-state index < -0.39 is 0 Å². The fourth-order valence-electron chi connectivity index (χ4n) is 3.87. The molecule has 27 heavy (non-hydrogen) atoms. The summed E-state index contributed by atoms with van der Waals surface area (Å²) in [6, 6.07) is 4.35. The summed E-state index contributed by atoms with van der Waals surface area (Å²) < 4.78 is 2.18. The van der Waals surface area contributed by atoms with Crippen LogP contribution in [0.15, 0.2) is 24.5 Å². The number of fused-ring (bicyclic) bond motifs is 1. The summed E-state index contributed by atoms with van der Waals surface area (Å²) in [6.45, 7) is 10.2. The zero-order chi connectivity index (χ0) is 19.1. The Morgan fingerprint density at radius 2 is 2.19 bits per heavy atom. The Kier molecular flexibility index (Phi) is 4.76. The zero-order valence-electron chi connectivity index (χ0n) is 16.4. The molecule has 0 radical (unpaired) electrons. The number of piperidine rings is 1. The van der Waals surface area contributed by atoms with Gasteiger partial charge in [0.25, 0.3) is 5.91 Å². The first-order valence-electron chi connectivity index (χ1n) is 9.68. The standard InChI is InChI=1S/C21H26N4OS/c1-13(2)25-12-17(16-8-5-9-22-19(16)25)20-23-15(4)18(27-20)21(26)24-10-6-7-14(3)11-24/h5,8-9,12-14H,6-7,10-11H2,1-4H3/t14-/m0/s1. The number of hydrogen-bond donors (Lipinski definition) is 0. The van der Waals surface area contributed by atoms with E-state index in [4.69, 9.17) is 4.98 Å². The fourth-order valence-corrected chi connectivity index (χ4v) is 4.93. The molecule has 1 aliphatic heterocycles. The summed E-state index contributed by atoms with van der Waals surface area (Å²) in [6.07, 6.45) is 6.24. The highest BCUT2D eigenvalue weighted by Crippen LogP contribution is 2.36. The highest BCUT2D eigenvalue weighted by Gasteiger charge is 2.26. The van der Waals surface area contributed by atoms with Gasteiger partial charge in [0.2, 0.25) is 0 Å². The van der Waals surface area contributed by atoms with E-state index in [1.807, 2.05) is 24.1 Å². The molecule has 0 N–H and O–H groups in total. The van der Waals surface area contributed by atoms with Crippen LogP contribution in [0.3, 0.4) is 0 Å². The third kappa shape index (κ3) is 3.27. The van der Waals surface area contributed by atoms with Crippen LogP contribution >= 0.6 is 11.3 Å². The van der Waals surface area contributed by atoms with Gasteiger partial charge in [0.15, 0.2) is 0 Å². The molecule has 1 saturated heterocycles. The van der Waals surface area contributed by atoms with Gasteiger partial charge in [-0.25, -0.2) is 9.97 Å². The Morgan fingerprint density at radius 1 is 1.37 bits per heavy atom. The van der Waals surface area contributed by atoms with E-state index in [2.05, 4.69) is 42.6 Å². The molecule has 6 heteroatoms. The number of rotatable bonds is 3. The summed E-state index contributed by atoms with van der Waals surface area (Å²) in [5.74, 6) is 0.707. The van der Waals surface area contributed by atoms with Gasteiger partial charge in [-0.1, -0.05) is 6.92 Å². The second kappa shape index (κ2) is 7.08. The van der Waals surface area contributed by atoms with Crippen LogP contribution in [-0.2, 0) is 0 Å². The van der Waals surface area contributed by atoms with Crippen molar-refractivity contribution >= 4 is 28.3 Å². The number of amides is 1. The number of carbonyl (C=O) groups is 1. The van der Waals surface area contributed by atoms with Crippen molar-refractivity contribution in [2.75, 3.05) is 13.1 Å². The Labute approximate surface area is 164 Å². The fraction of sp³-hybridized carbons (Fsp3) is 0.476. The molecule has 0 aromatic carbocycles. The Hall–Kier alpha value is -2.21. The van der Waals surface area contributed by atoms with Gasteiger partial charge in [-0.2, -0.15) is 0 Å². The van der Waals surface area contributed by atoms with Crippen molar-refractivity contribution < 1.29 is 4.79 Å². The molecule has 3 aromatic rings. The quantitative estimate of drug-likeness (QED) is 0.646. The van der Waals surface area contributed by atoms with Crippen LogP contribution in [0.5, 0.6) is 0 Å². The second-order valence-electron chi connectivity index (χ2n) is 7.85. The number of carbonyl (C=O) groups excluding carboxylic acids is 1. The molecule has 0 spiro atoms. The number of hydrogen-bond acceptors (Lipinski definition) is 4. The lowest BCUT2D eigenvalue weighted by atomic mass is 10.0. The normalized spacial score (nSPS) is 17.8. The summed E-state index contributed by atoms with van der Waals surface area (Å²) >= 11 is 1.51. The van der Waals surface area contributed by atoms with Crippen LogP contribution in [0.2, 0.25) is 0 Å². The number of nitrogens with zero attached hydrogens (tertiary/aromatic N) is 4. The third-order valence-electron chi connectivity index (χ3n) is 5.31. The van der Waals surface area contributed by atoms with Gasteiger partial charge in [-0.05, 0) is 51.7 Å². The van der Waals surface area contributed by atoms with Crippen LogP contribution < -0.4 is 0 Å². The molecule has 0 unspecified atom stereocenters. The summed E-state index contributed by atoms with van der Waals surface area (Å²) in [7, 11) is 0. The first-order chi connectivity index (χ1) is 13.0. The maximum absolute atomic E-state index is 13.1. The molecular weight excluding hydrogens is 356 g/mol. The SMILES string of the molecule is Cc1nc(-c2cn(C(C)C)c3ncccc23)sc1C(=O)N1CCC[C@H](C)C1. The minimum atomic E-state index is 0.133. The molecule has 0 bridgehead atoms. The summed E-state index contributed by atoms with van der Waals surface area (Å²) in [5, 5.41) is 1.99. The largest absolute Gasteiger partial charge is 0.338 e. The lowest BCUT2D eigenvalue weighted by molar-refractivity contribution is 0.0687. The minimum absolute atomic E-state index is 0.133. The minimum Gasteiger partial charge on any atom is -0.338 e. The molecule has 5 nitrogen and oxygen atoms in total. The lowest BCUT2D eigenvalue weighted by Gasteiger charge is -2.30. The van der Waals surface area contributed by atoms with Crippen molar-refractivity contribution in [1.29, 1.82) is 0 Å². The first kappa shape index (κ1) is 18.2. The monoisotopic (exact) mass is 382 g/mol. The highest BCUT2D eigenvalue weighted by molar-refractivity contribution is 7.17. The van der Waals surface area contributed by atoms with Gasteiger partial charge in [0.1, 0.15) is 15.5 Å². The topological polar surface area (TPSA) is 51.0 Å². The van der Waals surface area contributed by atoms with Crippen LogP contribution in [-0.4, -0.2) is 38.4 Å². The third-order valence-corrected chi connectivity index (χ3v) is 6.49. The molecule has 142 valence electrons. The zero-order valence-corrected chi connectivity index (χ0v) is 17.2. The maximum Gasteiger partial charge on any atom is 0.265 e. The molecule has 0 saturated carbocycles. The molecule has 4 heterocycles.